The second kappa shape index (κ2) is 2.15. The summed E-state index contributed by atoms with van der Waals surface area (Å²) in [6.07, 6.45) is 7.42. The standard InChI is InChI=1S/C6H5NO/c8-6-7-4-2-1-3-5-7/h1-2,4-6H. The first kappa shape index (κ1) is 4.88. The highest BCUT2D eigenvalue weighted by Crippen LogP contribution is 1.90. The van der Waals surface area contributed by atoms with Gasteiger partial charge in [0.2, 0.25) is 6.41 Å². The Morgan fingerprint density at radius 2 is 2.50 bits per heavy atom. The molecule has 0 N–H and O–H groups in total. The molecule has 0 spiro atoms. The van der Waals surface area contributed by atoms with Crippen LogP contribution in [0.2, 0.25) is 0 Å². The van der Waals surface area contributed by atoms with Gasteiger partial charge in [0.1, 0.15) is 0 Å². The van der Waals surface area contributed by atoms with Crippen molar-refractivity contribution < 1.29 is 4.79 Å². The third-order valence-corrected chi connectivity index (χ3v) is 0.796. The zero-order valence-corrected chi connectivity index (χ0v) is 4.24. The monoisotopic (exact) mass is 107 g/mol. The van der Waals surface area contributed by atoms with Crippen LogP contribution in [-0.4, -0.2) is 11.3 Å². The van der Waals surface area contributed by atoms with E-state index in [-0.39, 0.29) is 0 Å². The SMILES string of the molecule is O=CN1C=C=CC=C1. The number of amides is 1. The van der Waals surface area contributed by atoms with Gasteiger partial charge in [-0.2, -0.15) is 0 Å². The Balaban J connectivity index is 2.75. The third kappa shape index (κ3) is 0.863. The van der Waals surface area contributed by atoms with Gasteiger partial charge in [0, 0.05) is 6.20 Å². The first-order chi connectivity index (χ1) is 3.93. The minimum atomic E-state index is 0.719. The molecule has 2 heteroatoms. The molecule has 0 saturated carbocycles. The molecule has 1 rings (SSSR count). The average molecular weight is 107 g/mol. The summed E-state index contributed by atoms with van der Waals surface area (Å²) in [7, 11) is 0. The van der Waals surface area contributed by atoms with E-state index in [1.54, 1.807) is 24.6 Å². The molecule has 8 heavy (non-hydrogen) atoms. The van der Waals surface area contributed by atoms with E-state index in [9.17, 15) is 4.79 Å². The molecular formula is C6H5NO. The Kier molecular flexibility index (Phi) is 1.31. The molecule has 0 aromatic rings. The van der Waals surface area contributed by atoms with Gasteiger partial charge in [-0.05, 0) is 12.2 Å². The van der Waals surface area contributed by atoms with E-state index in [4.69, 9.17) is 0 Å². The summed E-state index contributed by atoms with van der Waals surface area (Å²) < 4.78 is 0. The van der Waals surface area contributed by atoms with E-state index >= 15 is 0 Å². The van der Waals surface area contributed by atoms with Crippen molar-refractivity contribution >= 4 is 6.41 Å². The van der Waals surface area contributed by atoms with Gasteiger partial charge in [0.15, 0.2) is 0 Å². The van der Waals surface area contributed by atoms with Gasteiger partial charge >= 0.3 is 0 Å². The van der Waals surface area contributed by atoms with Crippen LogP contribution in [0.25, 0.3) is 0 Å². The molecule has 0 radical (unpaired) electrons. The van der Waals surface area contributed by atoms with Crippen LogP contribution < -0.4 is 0 Å². The lowest BCUT2D eigenvalue weighted by molar-refractivity contribution is -0.114. The lowest BCUT2D eigenvalue weighted by Gasteiger charge is -2.02. The smallest absolute Gasteiger partial charge is 0.218 e. The fraction of sp³-hybridized carbons (Fsp3) is 0. The first-order valence-electron chi connectivity index (χ1n) is 2.25. The molecule has 40 valence electrons. The topological polar surface area (TPSA) is 20.3 Å². The fourth-order valence-corrected chi connectivity index (χ4v) is 0.436. The molecule has 0 bridgehead atoms. The Labute approximate surface area is 47.4 Å². The predicted molar refractivity (Wildman–Crippen MR) is 29.7 cm³/mol. The molecular weight excluding hydrogens is 102 g/mol. The summed E-state index contributed by atoms with van der Waals surface area (Å²) in [4.78, 5) is 11.3. The van der Waals surface area contributed by atoms with E-state index in [1.165, 1.54) is 4.90 Å². The Morgan fingerprint density at radius 1 is 1.62 bits per heavy atom. The molecule has 0 unspecified atom stereocenters. The van der Waals surface area contributed by atoms with Gasteiger partial charge in [-0.1, -0.05) is 0 Å². The summed E-state index contributed by atoms with van der Waals surface area (Å²) in [5, 5.41) is 0. The van der Waals surface area contributed by atoms with Crippen molar-refractivity contribution in [2.75, 3.05) is 0 Å². The fourth-order valence-electron chi connectivity index (χ4n) is 0.436. The van der Waals surface area contributed by atoms with Gasteiger partial charge in [-0.3, -0.25) is 9.69 Å². The Hall–Kier alpha value is -1.27. The van der Waals surface area contributed by atoms with E-state index in [1.807, 2.05) is 0 Å². The molecule has 0 fully saturated rings. The number of carbonyl (C=O) groups excluding carboxylic acids is 1. The van der Waals surface area contributed by atoms with Crippen LogP contribution in [0, 0.1) is 0 Å². The van der Waals surface area contributed by atoms with Gasteiger partial charge in [-0.25, -0.2) is 0 Å². The highest BCUT2D eigenvalue weighted by atomic mass is 16.1. The second-order valence-electron chi connectivity index (χ2n) is 1.36. The molecule has 0 aromatic carbocycles. The van der Waals surface area contributed by atoms with Gasteiger partial charge < -0.3 is 0 Å². The van der Waals surface area contributed by atoms with Crippen LogP contribution in [0.4, 0.5) is 0 Å². The largest absolute Gasteiger partial charge is 0.290 e. The van der Waals surface area contributed by atoms with Crippen LogP contribution in [-0.2, 0) is 4.79 Å². The number of nitrogens with zero attached hydrogens (tertiary/aromatic N) is 1. The third-order valence-electron chi connectivity index (χ3n) is 0.796. The lowest BCUT2D eigenvalue weighted by Crippen LogP contribution is -2.05. The van der Waals surface area contributed by atoms with Crippen molar-refractivity contribution in [1.29, 1.82) is 0 Å². The lowest BCUT2D eigenvalue weighted by atomic mass is 10.5. The van der Waals surface area contributed by atoms with Crippen LogP contribution in [0.1, 0.15) is 0 Å². The number of hydrogen-bond donors (Lipinski definition) is 0. The van der Waals surface area contributed by atoms with E-state index in [0.717, 1.165) is 6.41 Å². The summed E-state index contributed by atoms with van der Waals surface area (Å²) in [6.45, 7) is 0. The minimum Gasteiger partial charge on any atom is -0.290 e. The van der Waals surface area contributed by atoms with Crippen molar-refractivity contribution in [2.45, 2.75) is 0 Å². The summed E-state index contributed by atoms with van der Waals surface area (Å²) in [6, 6.07) is 0. The van der Waals surface area contributed by atoms with Crippen molar-refractivity contribution in [1.82, 2.24) is 4.90 Å². The van der Waals surface area contributed by atoms with Crippen LogP contribution in [0.5, 0.6) is 0 Å². The zero-order valence-electron chi connectivity index (χ0n) is 4.24. The van der Waals surface area contributed by atoms with Gasteiger partial charge in [0.05, 0.1) is 6.20 Å². The molecule has 1 amide bonds. The van der Waals surface area contributed by atoms with Crippen LogP contribution in [0.3, 0.4) is 0 Å². The molecule has 0 aliphatic carbocycles. The summed E-state index contributed by atoms with van der Waals surface area (Å²) in [5.74, 6) is 0. The van der Waals surface area contributed by atoms with Crippen molar-refractivity contribution in [2.24, 2.45) is 0 Å². The van der Waals surface area contributed by atoms with Gasteiger partial charge in [-0.15, -0.1) is 5.73 Å². The predicted octanol–water partition coefficient (Wildman–Crippen LogP) is 0.641. The molecule has 1 aliphatic rings. The minimum absolute atomic E-state index is 0.719. The van der Waals surface area contributed by atoms with Crippen LogP contribution >= 0.6 is 0 Å². The molecule has 1 aliphatic heterocycles. The van der Waals surface area contributed by atoms with E-state index in [2.05, 4.69) is 5.73 Å². The van der Waals surface area contributed by atoms with Crippen molar-refractivity contribution in [3.05, 3.63) is 30.3 Å². The highest BCUT2D eigenvalue weighted by Gasteiger charge is 1.86. The Bertz CT molecular complexity index is 175. The Morgan fingerprint density at radius 3 is 2.88 bits per heavy atom. The summed E-state index contributed by atoms with van der Waals surface area (Å²) >= 11 is 0. The maximum atomic E-state index is 9.95. The molecule has 0 aromatic heterocycles. The van der Waals surface area contributed by atoms with Crippen LogP contribution in [0.15, 0.2) is 30.3 Å². The number of rotatable bonds is 1. The normalized spacial score (nSPS) is 14.8. The van der Waals surface area contributed by atoms with Crippen molar-refractivity contribution in [3.8, 4) is 0 Å². The highest BCUT2D eigenvalue weighted by molar-refractivity contribution is 5.51. The molecule has 1 heterocycles. The average Bonchev–Trinajstić information content (AvgIpc) is 1.90. The van der Waals surface area contributed by atoms with Gasteiger partial charge in [0.25, 0.3) is 0 Å². The zero-order chi connectivity index (χ0) is 5.82. The molecule has 0 atom stereocenters. The summed E-state index contributed by atoms with van der Waals surface area (Å²) in [5.41, 5.74) is 2.74. The van der Waals surface area contributed by atoms with E-state index < -0.39 is 0 Å². The maximum absolute atomic E-state index is 9.95. The number of allylic oxidation sites excluding steroid dienone is 2. The first-order valence-corrected chi connectivity index (χ1v) is 2.25. The second-order valence-corrected chi connectivity index (χ2v) is 1.36. The van der Waals surface area contributed by atoms with E-state index in [0.29, 0.717) is 0 Å². The van der Waals surface area contributed by atoms with Crippen molar-refractivity contribution in [3.63, 3.8) is 0 Å². The molecule has 0 saturated heterocycles. The number of hydrogen-bond acceptors (Lipinski definition) is 1. The number of carbonyl (C=O) groups is 1. The quantitative estimate of drug-likeness (QED) is 0.355. The maximum Gasteiger partial charge on any atom is 0.218 e. The molecule has 2 nitrogen and oxygen atoms in total.